The van der Waals surface area contributed by atoms with E-state index in [-0.39, 0.29) is 26.8 Å². The summed E-state index contributed by atoms with van der Waals surface area (Å²) in [5.41, 5.74) is 3.44. The van der Waals surface area contributed by atoms with Crippen LogP contribution in [-0.2, 0) is 25.0 Å². The topological polar surface area (TPSA) is 115 Å². The molecule has 0 spiro atoms. The molecule has 0 saturated heterocycles. The Balaban J connectivity index is 2.68. The molecule has 2 rings (SSSR count). The molecule has 0 bridgehead atoms. The summed E-state index contributed by atoms with van der Waals surface area (Å²) in [4.78, 5) is 23.1. The quantitative estimate of drug-likeness (QED) is 0.717. The van der Waals surface area contributed by atoms with Gasteiger partial charge in [0.25, 0.3) is 0 Å². The summed E-state index contributed by atoms with van der Waals surface area (Å²) in [7, 11) is -4.46. The molecular weight excluding hydrogens is 389 g/mol. The van der Waals surface area contributed by atoms with Crippen molar-refractivity contribution in [3.8, 4) is 0 Å². The first-order chi connectivity index (χ1) is 11.7. The van der Waals surface area contributed by atoms with Gasteiger partial charge in [0, 0.05) is 0 Å². The third-order valence-electron chi connectivity index (χ3n) is 3.73. The van der Waals surface area contributed by atoms with Crippen LogP contribution in [0.4, 0.5) is 0 Å². The van der Waals surface area contributed by atoms with Crippen LogP contribution in [0.15, 0.2) is 53.4 Å². The number of carbonyl (C=O) groups excluding carboxylic acids is 1. The van der Waals surface area contributed by atoms with Crippen LogP contribution < -0.4 is 5.73 Å². The maximum Gasteiger partial charge on any atom is 0.330 e. The number of aliphatic carboxylic acids is 1. The number of aldehydes is 1. The number of carboxylic acids is 1. The second kappa shape index (κ2) is 7.13. The minimum Gasteiger partial charge on any atom is -0.480 e. The maximum absolute atomic E-state index is 12.9. The van der Waals surface area contributed by atoms with Crippen molar-refractivity contribution in [3.63, 3.8) is 0 Å². The Morgan fingerprint density at radius 2 is 1.72 bits per heavy atom. The fraction of sp³-hybridized carbons (Fsp3) is 0.125. The van der Waals surface area contributed by atoms with Crippen LogP contribution in [0, 0.1) is 0 Å². The van der Waals surface area contributed by atoms with Crippen molar-refractivity contribution in [2.75, 3.05) is 0 Å². The summed E-state index contributed by atoms with van der Waals surface area (Å²) in [6.07, 6.45) is 0.0129. The van der Waals surface area contributed by atoms with Crippen LogP contribution >= 0.6 is 23.2 Å². The number of halogens is 2. The molecule has 0 aliphatic rings. The maximum atomic E-state index is 12.9. The van der Waals surface area contributed by atoms with E-state index in [0.29, 0.717) is 0 Å². The molecule has 6 nitrogen and oxygen atoms in total. The normalized spacial score (nSPS) is 15.2. The van der Waals surface area contributed by atoms with Crippen LogP contribution in [-0.4, -0.2) is 31.0 Å². The van der Waals surface area contributed by atoms with Crippen molar-refractivity contribution < 1.29 is 23.1 Å². The smallest absolute Gasteiger partial charge is 0.330 e. The predicted molar refractivity (Wildman–Crippen MR) is 93.4 cm³/mol. The van der Waals surface area contributed by atoms with E-state index in [0.717, 1.165) is 12.1 Å². The first-order valence-electron chi connectivity index (χ1n) is 6.87. The Kier molecular flexibility index (Phi) is 5.53. The molecule has 2 aromatic rings. The lowest BCUT2D eigenvalue weighted by Crippen LogP contribution is -2.57. The highest BCUT2D eigenvalue weighted by atomic mass is 35.5. The minimum absolute atomic E-state index is 0.0129. The lowest BCUT2D eigenvalue weighted by Gasteiger charge is -2.30. The number of rotatable bonds is 6. The van der Waals surface area contributed by atoms with Gasteiger partial charge in [-0.3, -0.25) is 0 Å². The Morgan fingerprint density at radius 3 is 2.20 bits per heavy atom. The largest absolute Gasteiger partial charge is 0.480 e. The van der Waals surface area contributed by atoms with Gasteiger partial charge >= 0.3 is 5.97 Å². The molecule has 0 radical (unpaired) electrons. The van der Waals surface area contributed by atoms with Gasteiger partial charge in [0.2, 0.25) is 0 Å². The SMILES string of the molecule is NC(C(=O)O)(c1ccccc1)C(C=O)S(=O)(=O)c1ccc(Cl)c(Cl)c1. The Labute approximate surface area is 154 Å². The van der Waals surface area contributed by atoms with Crippen molar-refractivity contribution in [2.24, 2.45) is 5.73 Å². The summed E-state index contributed by atoms with van der Waals surface area (Å²) in [5.74, 6) is -1.65. The van der Waals surface area contributed by atoms with Gasteiger partial charge in [-0.15, -0.1) is 0 Å². The molecule has 0 heterocycles. The number of carboxylic acid groups (broad SMARTS) is 1. The number of benzene rings is 2. The zero-order chi connectivity index (χ0) is 18.8. The highest BCUT2D eigenvalue weighted by Gasteiger charge is 2.51. The molecule has 0 saturated carbocycles. The summed E-state index contributed by atoms with van der Waals surface area (Å²) < 4.78 is 25.8. The third-order valence-corrected chi connectivity index (χ3v) is 6.53. The molecule has 0 aromatic heterocycles. The van der Waals surface area contributed by atoms with Gasteiger partial charge in [-0.25, -0.2) is 13.2 Å². The monoisotopic (exact) mass is 401 g/mol. The molecule has 3 N–H and O–H groups in total. The fourth-order valence-corrected chi connectivity index (χ4v) is 4.42. The Hall–Kier alpha value is -1.93. The van der Waals surface area contributed by atoms with Crippen LogP contribution in [0.3, 0.4) is 0 Å². The first-order valence-corrected chi connectivity index (χ1v) is 9.18. The van der Waals surface area contributed by atoms with E-state index in [1.807, 2.05) is 0 Å². The van der Waals surface area contributed by atoms with Crippen molar-refractivity contribution in [1.82, 2.24) is 0 Å². The molecule has 9 heteroatoms. The number of sulfone groups is 1. The standard InChI is InChI=1S/C16H13Cl2NO5S/c17-12-7-6-11(8-13(12)18)25(23,24)14(9-20)16(19,15(21)22)10-4-2-1-3-5-10/h1-9,14H,19H2,(H,21,22). The average molecular weight is 402 g/mol. The number of nitrogens with two attached hydrogens (primary N) is 1. The number of hydrogen-bond acceptors (Lipinski definition) is 5. The van der Waals surface area contributed by atoms with Crippen LogP contribution in [0.1, 0.15) is 5.56 Å². The highest BCUT2D eigenvalue weighted by Crippen LogP contribution is 2.32. The van der Waals surface area contributed by atoms with Crippen molar-refractivity contribution >= 4 is 45.3 Å². The van der Waals surface area contributed by atoms with Gasteiger partial charge in [0.1, 0.15) is 6.29 Å². The minimum atomic E-state index is -4.46. The van der Waals surface area contributed by atoms with Gasteiger partial charge in [-0.2, -0.15) is 0 Å². The van der Waals surface area contributed by atoms with Crippen molar-refractivity contribution in [1.29, 1.82) is 0 Å². The molecule has 2 unspecified atom stereocenters. The van der Waals surface area contributed by atoms with E-state index in [4.69, 9.17) is 28.9 Å². The van der Waals surface area contributed by atoms with Crippen LogP contribution in [0.5, 0.6) is 0 Å². The second-order valence-electron chi connectivity index (χ2n) is 5.22. The molecular formula is C16H13Cl2NO5S. The lowest BCUT2D eigenvalue weighted by molar-refractivity contribution is -0.144. The fourth-order valence-electron chi connectivity index (χ4n) is 2.35. The third kappa shape index (κ3) is 3.41. The molecule has 132 valence electrons. The molecule has 0 amide bonds. The zero-order valence-electron chi connectivity index (χ0n) is 12.6. The highest BCUT2D eigenvalue weighted by molar-refractivity contribution is 7.92. The molecule has 0 fully saturated rings. The van der Waals surface area contributed by atoms with Gasteiger partial charge in [-0.1, -0.05) is 53.5 Å². The van der Waals surface area contributed by atoms with Crippen molar-refractivity contribution in [3.05, 3.63) is 64.1 Å². The second-order valence-corrected chi connectivity index (χ2v) is 8.10. The average Bonchev–Trinajstić information content (AvgIpc) is 2.58. The molecule has 0 aliphatic carbocycles. The van der Waals surface area contributed by atoms with E-state index < -0.39 is 26.6 Å². The van der Waals surface area contributed by atoms with Crippen LogP contribution in [0.2, 0.25) is 10.0 Å². The van der Waals surface area contributed by atoms with Gasteiger partial charge in [-0.05, 0) is 23.8 Å². The number of hydrogen-bond donors (Lipinski definition) is 2. The van der Waals surface area contributed by atoms with Gasteiger partial charge < -0.3 is 15.6 Å². The molecule has 0 aliphatic heterocycles. The first kappa shape index (κ1) is 19.4. The summed E-state index contributed by atoms with van der Waals surface area (Å²) in [6, 6.07) is 10.7. The van der Waals surface area contributed by atoms with E-state index in [2.05, 4.69) is 0 Å². The van der Waals surface area contributed by atoms with E-state index in [1.54, 1.807) is 6.07 Å². The Bertz CT molecular complexity index is 917. The number of carbonyl (C=O) groups is 2. The predicted octanol–water partition coefficient (Wildman–Crippen LogP) is 2.27. The molecule has 2 atom stereocenters. The summed E-state index contributed by atoms with van der Waals surface area (Å²) in [6.45, 7) is 0. The van der Waals surface area contributed by atoms with E-state index >= 15 is 0 Å². The van der Waals surface area contributed by atoms with E-state index in [9.17, 15) is 23.1 Å². The Morgan fingerprint density at radius 1 is 1.12 bits per heavy atom. The van der Waals surface area contributed by atoms with Gasteiger partial charge in [0.15, 0.2) is 20.6 Å². The zero-order valence-corrected chi connectivity index (χ0v) is 14.9. The molecule has 2 aromatic carbocycles. The van der Waals surface area contributed by atoms with Gasteiger partial charge in [0.05, 0.1) is 14.9 Å². The van der Waals surface area contributed by atoms with Crippen molar-refractivity contribution in [2.45, 2.75) is 15.7 Å². The van der Waals surface area contributed by atoms with Crippen LogP contribution in [0.25, 0.3) is 0 Å². The lowest BCUT2D eigenvalue weighted by atomic mass is 9.88. The van der Waals surface area contributed by atoms with E-state index in [1.165, 1.54) is 30.3 Å². The summed E-state index contributed by atoms with van der Waals surface area (Å²) in [5, 5.41) is 7.59. The summed E-state index contributed by atoms with van der Waals surface area (Å²) >= 11 is 11.6. The molecule has 25 heavy (non-hydrogen) atoms.